The van der Waals surface area contributed by atoms with Gasteiger partial charge in [0.25, 0.3) is 0 Å². The maximum absolute atomic E-state index is 11.4. The topological polar surface area (TPSA) is 60.2 Å². The number of nitrogens with two attached hydrogens (primary N) is 1. The highest BCUT2D eigenvalue weighted by molar-refractivity contribution is 9.10. The molecule has 0 radical (unpaired) electrons. The summed E-state index contributed by atoms with van der Waals surface area (Å²) in [4.78, 5) is 0. The van der Waals surface area contributed by atoms with Crippen LogP contribution in [0.3, 0.4) is 0 Å². The average Bonchev–Trinajstić information content (AvgIpc) is 2.10. The van der Waals surface area contributed by atoms with E-state index in [0.29, 0.717) is 5.69 Å². The molecule has 0 amide bonds. The lowest BCUT2D eigenvalue weighted by Crippen LogP contribution is -2.07. The van der Waals surface area contributed by atoms with Crippen LogP contribution >= 0.6 is 15.9 Å². The van der Waals surface area contributed by atoms with Crippen molar-refractivity contribution in [1.82, 2.24) is 0 Å². The zero-order chi connectivity index (χ0) is 10.8. The van der Waals surface area contributed by atoms with E-state index in [9.17, 15) is 8.42 Å². The summed E-state index contributed by atoms with van der Waals surface area (Å²) in [7, 11) is -2.98. The molecule has 14 heavy (non-hydrogen) atoms. The molecule has 0 aliphatic heterocycles. The van der Waals surface area contributed by atoms with Gasteiger partial charge < -0.3 is 5.73 Å². The van der Waals surface area contributed by atoms with Crippen molar-refractivity contribution in [1.29, 1.82) is 0 Å². The standard InChI is InChI=1S/C9H12BrNO2S/c1-2-14(12,13)6-7-3-4-8(11)5-9(7)10/h3-5H,2,6,11H2,1H3. The fourth-order valence-electron chi connectivity index (χ4n) is 1.02. The number of halogens is 1. The lowest BCUT2D eigenvalue weighted by atomic mass is 10.2. The molecule has 0 spiro atoms. The van der Waals surface area contributed by atoms with E-state index in [1.54, 1.807) is 25.1 Å². The van der Waals surface area contributed by atoms with E-state index in [0.717, 1.165) is 10.0 Å². The van der Waals surface area contributed by atoms with Crippen LogP contribution in [0.1, 0.15) is 12.5 Å². The Bertz CT molecular complexity index is 428. The first-order chi connectivity index (χ1) is 6.44. The number of benzene rings is 1. The number of rotatable bonds is 3. The number of hydrogen-bond donors (Lipinski definition) is 1. The quantitative estimate of drug-likeness (QED) is 0.860. The van der Waals surface area contributed by atoms with Crippen LogP contribution in [0.25, 0.3) is 0 Å². The van der Waals surface area contributed by atoms with Crippen molar-refractivity contribution in [2.45, 2.75) is 12.7 Å². The fraction of sp³-hybridized carbons (Fsp3) is 0.333. The van der Waals surface area contributed by atoms with E-state index in [4.69, 9.17) is 5.73 Å². The molecule has 1 rings (SSSR count). The maximum atomic E-state index is 11.4. The second-order valence-corrected chi connectivity index (χ2v) is 6.23. The highest BCUT2D eigenvalue weighted by atomic mass is 79.9. The van der Waals surface area contributed by atoms with Crippen molar-refractivity contribution in [3.05, 3.63) is 28.2 Å². The molecule has 0 fully saturated rings. The minimum atomic E-state index is -2.98. The van der Waals surface area contributed by atoms with Crippen molar-refractivity contribution < 1.29 is 8.42 Å². The first-order valence-corrected chi connectivity index (χ1v) is 6.80. The van der Waals surface area contributed by atoms with Gasteiger partial charge in [0.2, 0.25) is 0 Å². The van der Waals surface area contributed by atoms with E-state index in [1.807, 2.05) is 0 Å². The van der Waals surface area contributed by atoms with E-state index < -0.39 is 9.84 Å². The normalized spacial score (nSPS) is 11.6. The van der Waals surface area contributed by atoms with E-state index >= 15 is 0 Å². The first kappa shape index (κ1) is 11.5. The summed E-state index contributed by atoms with van der Waals surface area (Å²) < 4.78 is 23.5. The molecular formula is C9H12BrNO2S. The third-order valence-electron chi connectivity index (χ3n) is 1.89. The van der Waals surface area contributed by atoms with Crippen molar-refractivity contribution in [3.63, 3.8) is 0 Å². The summed E-state index contributed by atoms with van der Waals surface area (Å²) in [5.41, 5.74) is 6.92. The van der Waals surface area contributed by atoms with Gasteiger partial charge in [0, 0.05) is 15.9 Å². The average molecular weight is 278 g/mol. The zero-order valence-corrected chi connectivity index (χ0v) is 10.2. The summed E-state index contributed by atoms with van der Waals surface area (Å²) >= 11 is 3.28. The Morgan fingerprint density at radius 2 is 2.07 bits per heavy atom. The highest BCUT2D eigenvalue weighted by Gasteiger charge is 2.11. The number of anilines is 1. The second-order valence-electron chi connectivity index (χ2n) is 3.03. The molecule has 78 valence electrons. The zero-order valence-electron chi connectivity index (χ0n) is 7.83. The highest BCUT2D eigenvalue weighted by Crippen LogP contribution is 2.21. The monoisotopic (exact) mass is 277 g/mol. The van der Waals surface area contributed by atoms with Gasteiger partial charge >= 0.3 is 0 Å². The molecule has 0 saturated heterocycles. The SMILES string of the molecule is CCS(=O)(=O)Cc1ccc(N)cc1Br. The second kappa shape index (κ2) is 4.31. The molecule has 0 aromatic heterocycles. The molecule has 3 nitrogen and oxygen atoms in total. The number of sulfone groups is 1. The summed E-state index contributed by atoms with van der Waals surface area (Å²) in [5.74, 6) is 0.216. The Morgan fingerprint density at radius 1 is 1.43 bits per heavy atom. The molecule has 0 aliphatic carbocycles. The number of nitrogen functional groups attached to an aromatic ring is 1. The Kier molecular flexibility index (Phi) is 3.55. The Labute approximate surface area is 92.4 Å². The largest absolute Gasteiger partial charge is 0.399 e. The van der Waals surface area contributed by atoms with Crippen LogP contribution in [0.2, 0.25) is 0 Å². The van der Waals surface area contributed by atoms with Gasteiger partial charge in [-0.25, -0.2) is 8.42 Å². The smallest absolute Gasteiger partial charge is 0.154 e. The molecule has 2 N–H and O–H groups in total. The molecule has 1 aromatic rings. The minimum absolute atomic E-state index is 0.0599. The lowest BCUT2D eigenvalue weighted by Gasteiger charge is -2.05. The van der Waals surface area contributed by atoms with Crippen molar-refractivity contribution >= 4 is 31.5 Å². The van der Waals surface area contributed by atoms with E-state index in [-0.39, 0.29) is 11.5 Å². The molecule has 0 aliphatic rings. The van der Waals surface area contributed by atoms with Crippen LogP contribution in [-0.2, 0) is 15.6 Å². The Balaban J connectivity index is 2.99. The summed E-state index contributed by atoms with van der Waals surface area (Å²) in [6.45, 7) is 1.64. The lowest BCUT2D eigenvalue weighted by molar-refractivity contribution is 0.596. The van der Waals surface area contributed by atoms with Crippen LogP contribution < -0.4 is 5.73 Å². The molecule has 0 unspecified atom stereocenters. The van der Waals surface area contributed by atoms with Crippen molar-refractivity contribution in [3.8, 4) is 0 Å². The van der Waals surface area contributed by atoms with Gasteiger partial charge in [-0.15, -0.1) is 0 Å². The van der Waals surface area contributed by atoms with Crippen LogP contribution in [-0.4, -0.2) is 14.2 Å². The molecule has 1 aromatic carbocycles. The van der Waals surface area contributed by atoms with Crippen LogP contribution in [0.4, 0.5) is 5.69 Å². The third-order valence-corrected chi connectivity index (χ3v) is 4.26. The fourth-order valence-corrected chi connectivity index (χ4v) is 2.67. The van der Waals surface area contributed by atoms with Gasteiger partial charge in [-0.1, -0.05) is 28.9 Å². The van der Waals surface area contributed by atoms with Crippen molar-refractivity contribution in [2.24, 2.45) is 0 Å². The molecule has 5 heteroatoms. The van der Waals surface area contributed by atoms with E-state index in [2.05, 4.69) is 15.9 Å². The third kappa shape index (κ3) is 2.99. The van der Waals surface area contributed by atoms with Gasteiger partial charge in [0.05, 0.1) is 5.75 Å². The van der Waals surface area contributed by atoms with E-state index in [1.165, 1.54) is 0 Å². The molecular weight excluding hydrogens is 266 g/mol. The predicted molar refractivity (Wildman–Crippen MR) is 61.7 cm³/mol. The minimum Gasteiger partial charge on any atom is -0.399 e. The maximum Gasteiger partial charge on any atom is 0.154 e. The van der Waals surface area contributed by atoms with Crippen LogP contribution in [0, 0.1) is 0 Å². The van der Waals surface area contributed by atoms with Gasteiger partial charge in [-0.3, -0.25) is 0 Å². The number of hydrogen-bond acceptors (Lipinski definition) is 3. The van der Waals surface area contributed by atoms with Gasteiger partial charge in [-0.2, -0.15) is 0 Å². The summed E-state index contributed by atoms with van der Waals surface area (Å²) in [6.07, 6.45) is 0. The van der Waals surface area contributed by atoms with Crippen LogP contribution in [0.5, 0.6) is 0 Å². The first-order valence-electron chi connectivity index (χ1n) is 4.19. The summed E-state index contributed by atoms with van der Waals surface area (Å²) in [5, 5.41) is 0. The van der Waals surface area contributed by atoms with Crippen LogP contribution in [0.15, 0.2) is 22.7 Å². The Hall–Kier alpha value is -0.550. The van der Waals surface area contributed by atoms with Gasteiger partial charge in [0.15, 0.2) is 9.84 Å². The molecule has 0 atom stereocenters. The van der Waals surface area contributed by atoms with Crippen molar-refractivity contribution in [2.75, 3.05) is 11.5 Å². The Morgan fingerprint density at radius 3 is 2.57 bits per heavy atom. The van der Waals surface area contributed by atoms with Gasteiger partial charge in [-0.05, 0) is 17.7 Å². The predicted octanol–water partition coefficient (Wildman–Crippen LogP) is 1.97. The molecule has 0 saturated carbocycles. The molecule has 0 heterocycles. The molecule has 0 bridgehead atoms. The van der Waals surface area contributed by atoms with Gasteiger partial charge in [0.1, 0.15) is 0 Å². The summed E-state index contributed by atoms with van der Waals surface area (Å²) in [6, 6.07) is 5.14.